The minimum atomic E-state index is -4.89. The molecule has 148 valence electrons. The van der Waals surface area contributed by atoms with Crippen molar-refractivity contribution >= 4 is 22.5 Å². The van der Waals surface area contributed by atoms with Gasteiger partial charge in [0.15, 0.2) is 0 Å². The molecule has 1 aromatic rings. The molecular formula is C13H19N7O6S. The second-order valence-corrected chi connectivity index (χ2v) is 7.47. The third-order valence-electron chi connectivity index (χ3n) is 4.89. The van der Waals surface area contributed by atoms with Crippen molar-refractivity contribution in [1.29, 1.82) is 0 Å². The van der Waals surface area contributed by atoms with Crippen molar-refractivity contribution in [3.63, 3.8) is 0 Å². The van der Waals surface area contributed by atoms with E-state index in [1.54, 1.807) is 4.90 Å². The Kier molecular flexibility index (Phi) is 4.31. The lowest BCUT2D eigenvalue weighted by Crippen LogP contribution is -2.48. The van der Waals surface area contributed by atoms with Gasteiger partial charge in [-0.25, -0.2) is 9.59 Å². The Hall–Kier alpha value is -2.26. The first-order valence-electron chi connectivity index (χ1n) is 8.36. The number of piperazine rings is 1. The number of hydrogen-bond acceptors (Lipinski definition) is 8. The van der Waals surface area contributed by atoms with Gasteiger partial charge in [-0.05, 0) is 0 Å². The molecule has 3 amide bonds. The van der Waals surface area contributed by atoms with Crippen LogP contribution in [0.4, 0.5) is 9.59 Å². The highest BCUT2D eigenvalue weighted by Crippen LogP contribution is 2.43. The highest BCUT2D eigenvalue weighted by molar-refractivity contribution is 7.80. The summed E-state index contributed by atoms with van der Waals surface area (Å²) in [6.07, 6.45) is 1.46. The maximum absolute atomic E-state index is 12.7. The molecule has 2 saturated heterocycles. The lowest BCUT2D eigenvalue weighted by Gasteiger charge is -2.28. The van der Waals surface area contributed by atoms with Crippen LogP contribution in [0.3, 0.4) is 0 Å². The number of nitrogens with two attached hydrogens (primary N) is 1. The van der Waals surface area contributed by atoms with Gasteiger partial charge in [0.1, 0.15) is 6.04 Å². The predicted octanol–water partition coefficient (Wildman–Crippen LogP) is -1.72. The van der Waals surface area contributed by atoms with Gasteiger partial charge in [0.25, 0.3) is 0 Å². The van der Waals surface area contributed by atoms with Crippen molar-refractivity contribution in [2.45, 2.75) is 12.1 Å². The zero-order valence-electron chi connectivity index (χ0n) is 14.2. The largest absolute Gasteiger partial charge is 0.418 e. The summed E-state index contributed by atoms with van der Waals surface area (Å²) in [5, 5.41) is 8.05. The van der Waals surface area contributed by atoms with E-state index in [4.69, 9.17) is 10.3 Å². The fraction of sp³-hybridized carbons (Fsp3) is 0.615. The Balaban J connectivity index is 1.69. The van der Waals surface area contributed by atoms with Gasteiger partial charge in [0.05, 0.1) is 18.3 Å². The van der Waals surface area contributed by atoms with Crippen molar-refractivity contribution in [2.75, 3.05) is 39.3 Å². The van der Waals surface area contributed by atoms with Crippen molar-refractivity contribution in [3.8, 4) is 0 Å². The zero-order chi connectivity index (χ0) is 19.3. The molecule has 2 atom stereocenters. The second-order valence-electron chi connectivity index (χ2n) is 6.46. The molecule has 0 radical (unpaired) electrons. The van der Waals surface area contributed by atoms with Crippen LogP contribution in [0.1, 0.15) is 23.3 Å². The fourth-order valence-corrected chi connectivity index (χ4v) is 4.04. The van der Waals surface area contributed by atoms with Crippen molar-refractivity contribution in [3.05, 3.63) is 17.5 Å². The molecule has 2 bridgehead atoms. The number of carbonyl (C=O) groups excluding carboxylic acids is 2. The van der Waals surface area contributed by atoms with Gasteiger partial charge < -0.3 is 20.9 Å². The van der Waals surface area contributed by atoms with Crippen LogP contribution in [0.2, 0.25) is 0 Å². The van der Waals surface area contributed by atoms with Gasteiger partial charge in [-0.15, -0.1) is 4.28 Å². The third kappa shape index (κ3) is 3.04. The van der Waals surface area contributed by atoms with Crippen LogP contribution >= 0.6 is 0 Å². The molecule has 2 fully saturated rings. The quantitative estimate of drug-likeness (QED) is 0.500. The lowest BCUT2D eigenvalue weighted by atomic mass is 9.98. The summed E-state index contributed by atoms with van der Waals surface area (Å²) < 4.78 is 36.8. The Labute approximate surface area is 154 Å². The molecule has 0 aliphatic carbocycles. The van der Waals surface area contributed by atoms with Crippen molar-refractivity contribution in [1.82, 2.24) is 30.0 Å². The molecule has 4 heterocycles. The number of nitrogens with zero attached hydrogens (tertiary/aromatic N) is 5. The standard InChI is InChI=1S/C13H19N7O6S/c14-5-9-11-8(6-19(16-11)12(21)17-3-1-15-2-4-17)10-7-18(9)13(22)20(10)26-27(23,24)25/h6,9-10,15H,1-5,7,14H2,(H,23,24,25)/t9-,10-/m1/s1. The summed E-state index contributed by atoms with van der Waals surface area (Å²) in [5.41, 5.74) is 6.66. The van der Waals surface area contributed by atoms with E-state index in [0.29, 0.717) is 42.5 Å². The monoisotopic (exact) mass is 401 g/mol. The molecule has 3 aliphatic heterocycles. The molecule has 14 heteroatoms. The number of aromatic nitrogens is 2. The van der Waals surface area contributed by atoms with Gasteiger partial charge >= 0.3 is 22.5 Å². The van der Waals surface area contributed by atoms with Crippen LogP contribution in [-0.4, -0.2) is 88.9 Å². The summed E-state index contributed by atoms with van der Waals surface area (Å²) in [5.74, 6) is 0. The molecule has 4 rings (SSSR count). The van der Waals surface area contributed by atoms with E-state index in [0.717, 1.165) is 0 Å². The van der Waals surface area contributed by atoms with Crippen molar-refractivity contribution in [2.24, 2.45) is 5.73 Å². The number of carbonyl (C=O) groups is 2. The molecule has 0 aromatic carbocycles. The fourth-order valence-electron chi connectivity index (χ4n) is 3.67. The Morgan fingerprint density at radius 1 is 1.41 bits per heavy atom. The lowest BCUT2D eigenvalue weighted by molar-refractivity contribution is -0.0317. The summed E-state index contributed by atoms with van der Waals surface area (Å²) >= 11 is 0. The number of amides is 3. The van der Waals surface area contributed by atoms with Gasteiger partial charge in [-0.2, -0.15) is 23.3 Å². The minimum Gasteiger partial charge on any atom is -0.328 e. The predicted molar refractivity (Wildman–Crippen MR) is 88.6 cm³/mol. The van der Waals surface area contributed by atoms with Gasteiger partial charge in [-0.3, -0.25) is 4.55 Å². The van der Waals surface area contributed by atoms with Crippen LogP contribution < -0.4 is 11.1 Å². The minimum absolute atomic E-state index is 0.0318. The number of nitrogens with one attached hydrogen (secondary N) is 1. The Morgan fingerprint density at radius 3 is 2.74 bits per heavy atom. The smallest absolute Gasteiger partial charge is 0.328 e. The molecule has 0 unspecified atom stereocenters. The first-order chi connectivity index (χ1) is 12.8. The first-order valence-corrected chi connectivity index (χ1v) is 9.73. The molecule has 27 heavy (non-hydrogen) atoms. The number of urea groups is 1. The van der Waals surface area contributed by atoms with E-state index in [2.05, 4.69) is 14.7 Å². The highest BCUT2D eigenvalue weighted by Gasteiger charge is 2.51. The average Bonchev–Trinajstić information content (AvgIpc) is 3.18. The number of hydroxylamine groups is 2. The molecule has 3 aliphatic rings. The molecule has 13 nitrogen and oxygen atoms in total. The molecular weight excluding hydrogens is 382 g/mol. The molecule has 1 aromatic heterocycles. The zero-order valence-corrected chi connectivity index (χ0v) is 15.0. The van der Waals surface area contributed by atoms with Crippen LogP contribution in [0.15, 0.2) is 6.20 Å². The Morgan fingerprint density at radius 2 is 2.11 bits per heavy atom. The summed E-state index contributed by atoms with van der Waals surface area (Å²) in [7, 11) is -4.89. The molecule has 0 spiro atoms. The maximum Gasteiger partial charge on any atom is 0.418 e. The van der Waals surface area contributed by atoms with E-state index in [1.807, 2.05) is 0 Å². The second kappa shape index (κ2) is 6.42. The highest BCUT2D eigenvalue weighted by atomic mass is 32.3. The normalized spacial score (nSPS) is 25.1. The summed E-state index contributed by atoms with van der Waals surface area (Å²) in [4.78, 5) is 28.1. The Bertz CT molecular complexity index is 880. The van der Waals surface area contributed by atoms with Gasteiger partial charge in [0, 0.05) is 44.5 Å². The van der Waals surface area contributed by atoms with E-state index in [9.17, 15) is 18.0 Å². The third-order valence-corrected chi connectivity index (χ3v) is 5.24. The maximum atomic E-state index is 12.7. The number of fused-ring (bicyclic) bond motifs is 4. The van der Waals surface area contributed by atoms with E-state index in [-0.39, 0.29) is 19.1 Å². The first kappa shape index (κ1) is 18.1. The summed E-state index contributed by atoms with van der Waals surface area (Å²) in [6, 6.07) is -2.52. The van der Waals surface area contributed by atoms with E-state index < -0.39 is 28.5 Å². The van der Waals surface area contributed by atoms with Crippen LogP contribution in [0.25, 0.3) is 0 Å². The van der Waals surface area contributed by atoms with Crippen LogP contribution in [0.5, 0.6) is 0 Å². The SMILES string of the molecule is NC[C@@H]1c2nn(C(=O)N3CCNCC3)cc2[C@H]2CN1C(=O)N2OS(=O)(=O)O. The average molecular weight is 401 g/mol. The molecule has 4 N–H and O–H groups in total. The van der Waals surface area contributed by atoms with E-state index in [1.165, 1.54) is 15.8 Å². The molecule has 0 saturated carbocycles. The van der Waals surface area contributed by atoms with Crippen molar-refractivity contribution < 1.29 is 26.8 Å². The van der Waals surface area contributed by atoms with Gasteiger partial charge in [0.2, 0.25) is 0 Å². The number of rotatable bonds is 3. The van der Waals surface area contributed by atoms with Gasteiger partial charge in [-0.1, -0.05) is 0 Å². The van der Waals surface area contributed by atoms with Crippen LogP contribution in [0, 0.1) is 0 Å². The van der Waals surface area contributed by atoms with Crippen LogP contribution in [-0.2, 0) is 14.7 Å². The number of hydrogen-bond donors (Lipinski definition) is 3. The van der Waals surface area contributed by atoms with E-state index >= 15 is 0 Å². The summed E-state index contributed by atoms with van der Waals surface area (Å²) in [6.45, 7) is 2.57. The topological polar surface area (TPSA) is 163 Å².